The number of aromatic nitrogens is 8. The van der Waals surface area contributed by atoms with Gasteiger partial charge in [0.2, 0.25) is 0 Å². The lowest BCUT2D eigenvalue weighted by molar-refractivity contribution is 0.425. The van der Waals surface area contributed by atoms with E-state index in [1.165, 1.54) is 30.5 Å². The highest BCUT2D eigenvalue weighted by molar-refractivity contribution is 9.10. The number of halogens is 3. The van der Waals surface area contributed by atoms with Crippen LogP contribution in [0.25, 0.3) is 45.0 Å². The zero-order chi connectivity index (χ0) is 36.3. The molecule has 0 aliphatic rings. The van der Waals surface area contributed by atoms with Crippen LogP contribution >= 0.6 is 15.9 Å². The minimum Gasteiger partial charge on any atom is -0.423 e. The summed E-state index contributed by atoms with van der Waals surface area (Å²) in [5.41, 5.74) is 5.73. The normalized spacial score (nSPS) is 10.4. The van der Waals surface area contributed by atoms with E-state index in [1.807, 2.05) is 48.8 Å². The standard InChI is InChI=1S/C19H13FN4.C11H9BFNO2.C8H6BrN3/c20-18-5-2-1-4-17(18)19-11-14(6-8-22-19)15-10-16(13-21-12-15)24-9-3-7-23-24;13-10-4-2-1-3-9(10)11-7-8(12(15)16)5-6-14-11;9-7-4-8(6-10-5-7)12-3-1-2-11-12/h1-13H;1-7,15-16H;1-6H. The molecule has 10 nitrogen and oxygen atoms in total. The fraction of sp³-hybridized carbons (Fsp3) is 0. The van der Waals surface area contributed by atoms with Crippen molar-refractivity contribution in [1.29, 1.82) is 0 Å². The first-order chi connectivity index (χ1) is 25.4. The van der Waals surface area contributed by atoms with Crippen LogP contribution in [-0.4, -0.2) is 56.7 Å². The lowest BCUT2D eigenvalue weighted by Gasteiger charge is -2.07. The van der Waals surface area contributed by atoms with E-state index in [0.717, 1.165) is 27.0 Å². The Morgan fingerprint density at radius 2 is 1.12 bits per heavy atom. The Morgan fingerprint density at radius 1 is 0.558 bits per heavy atom. The fourth-order valence-electron chi connectivity index (χ4n) is 4.93. The maximum absolute atomic E-state index is 14.0. The molecule has 0 bridgehead atoms. The second-order valence-corrected chi connectivity index (χ2v) is 11.8. The molecule has 0 radical (unpaired) electrons. The third-order valence-corrected chi connectivity index (χ3v) is 7.86. The monoisotopic (exact) mass is 756 g/mol. The summed E-state index contributed by atoms with van der Waals surface area (Å²) in [5.74, 6) is -0.676. The summed E-state index contributed by atoms with van der Waals surface area (Å²) < 4.78 is 31.9. The van der Waals surface area contributed by atoms with Crippen molar-refractivity contribution in [2.45, 2.75) is 0 Å². The lowest BCUT2D eigenvalue weighted by atomic mass is 9.80. The first-order valence-electron chi connectivity index (χ1n) is 15.7. The average Bonchev–Trinajstić information content (AvgIpc) is 3.93. The van der Waals surface area contributed by atoms with Crippen LogP contribution in [0.15, 0.2) is 164 Å². The van der Waals surface area contributed by atoms with E-state index in [4.69, 9.17) is 10.0 Å². The van der Waals surface area contributed by atoms with Crippen molar-refractivity contribution in [1.82, 2.24) is 39.5 Å². The van der Waals surface area contributed by atoms with Gasteiger partial charge in [0.15, 0.2) is 0 Å². The first-order valence-corrected chi connectivity index (χ1v) is 16.5. The van der Waals surface area contributed by atoms with Crippen molar-refractivity contribution < 1.29 is 18.8 Å². The Morgan fingerprint density at radius 3 is 1.67 bits per heavy atom. The van der Waals surface area contributed by atoms with Crippen molar-refractivity contribution in [3.63, 3.8) is 0 Å². The summed E-state index contributed by atoms with van der Waals surface area (Å²) in [6, 6.07) is 27.2. The molecule has 2 aromatic carbocycles. The maximum Gasteiger partial charge on any atom is 0.488 e. The van der Waals surface area contributed by atoms with E-state index in [1.54, 1.807) is 89.1 Å². The molecule has 14 heteroatoms. The van der Waals surface area contributed by atoms with Crippen molar-refractivity contribution in [3.05, 3.63) is 175 Å². The van der Waals surface area contributed by atoms with Gasteiger partial charge in [-0.15, -0.1) is 0 Å². The van der Waals surface area contributed by atoms with Crippen LogP contribution in [0.4, 0.5) is 8.78 Å². The van der Waals surface area contributed by atoms with Gasteiger partial charge in [0.05, 0.1) is 35.2 Å². The summed E-state index contributed by atoms with van der Waals surface area (Å²) in [7, 11) is -1.58. The Labute approximate surface area is 306 Å². The van der Waals surface area contributed by atoms with Crippen LogP contribution in [0.3, 0.4) is 0 Å². The largest absolute Gasteiger partial charge is 0.488 e. The van der Waals surface area contributed by atoms with Gasteiger partial charge in [-0.3, -0.25) is 19.9 Å². The number of rotatable bonds is 6. The van der Waals surface area contributed by atoms with Crippen molar-refractivity contribution >= 4 is 28.5 Å². The van der Waals surface area contributed by atoms with E-state index in [0.29, 0.717) is 22.5 Å². The van der Waals surface area contributed by atoms with Gasteiger partial charge in [0.1, 0.15) is 11.6 Å². The summed E-state index contributed by atoms with van der Waals surface area (Å²) in [5, 5.41) is 26.3. The van der Waals surface area contributed by atoms with E-state index in [-0.39, 0.29) is 17.1 Å². The number of nitrogens with zero attached hydrogens (tertiary/aromatic N) is 8. The molecule has 2 N–H and O–H groups in total. The molecule has 0 aliphatic carbocycles. The smallest absolute Gasteiger partial charge is 0.423 e. The second-order valence-electron chi connectivity index (χ2n) is 10.9. The number of hydrogen-bond acceptors (Lipinski definition) is 8. The SMILES string of the molecule is Brc1cncc(-n2cccn2)c1.Fc1ccccc1-c1cc(-c2cncc(-n3cccn3)c2)ccn1.OB(O)c1ccnc(-c2ccccc2F)c1. The highest BCUT2D eigenvalue weighted by Crippen LogP contribution is 2.27. The molecule has 0 fully saturated rings. The molecule has 256 valence electrons. The summed E-state index contributed by atoms with van der Waals surface area (Å²) in [4.78, 5) is 16.6. The molecule has 0 unspecified atom stereocenters. The van der Waals surface area contributed by atoms with Gasteiger partial charge in [0, 0.05) is 70.7 Å². The van der Waals surface area contributed by atoms with Crippen LogP contribution < -0.4 is 5.46 Å². The van der Waals surface area contributed by atoms with Gasteiger partial charge in [0.25, 0.3) is 0 Å². The quantitative estimate of drug-likeness (QED) is 0.179. The molecular formula is C38H28BBrF2N8O2. The molecule has 0 aliphatic heterocycles. The Bertz CT molecular complexity index is 2360. The van der Waals surface area contributed by atoms with Crippen LogP contribution in [0, 0.1) is 11.6 Å². The molecule has 6 heterocycles. The van der Waals surface area contributed by atoms with Crippen LogP contribution in [0.1, 0.15) is 0 Å². The van der Waals surface area contributed by atoms with E-state index in [9.17, 15) is 8.78 Å². The zero-order valence-corrected chi connectivity index (χ0v) is 28.8. The minimum atomic E-state index is -1.58. The molecular weight excluding hydrogens is 729 g/mol. The van der Waals surface area contributed by atoms with Crippen molar-refractivity contribution in [3.8, 4) is 45.0 Å². The van der Waals surface area contributed by atoms with Gasteiger partial charge >= 0.3 is 7.12 Å². The molecule has 0 saturated heterocycles. The minimum absolute atomic E-state index is 0.285. The van der Waals surface area contributed by atoms with Gasteiger partial charge in [-0.1, -0.05) is 24.3 Å². The van der Waals surface area contributed by atoms with E-state index in [2.05, 4.69) is 46.1 Å². The molecule has 0 amide bonds. The molecule has 0 atom stereocenters. The molecule has 8 aromatic rings. The number of pyridine rings is 4. The Hall–Kier alpha value is -6.22. The number of hydrogen-bond donors (Lipinski definition) is 2. The molecule has 0 spiro atoms. The Balaban J connectivity index is 0.000000143. The van der Waals surface area contributed by atoms with Crippen molar-refractivity contribution in [2.75, 3.05) is 0 Å². The molecule has 8 rings (SSSR count). The van der Waals surface area contributed by atoms with Crippen LogP contribution in [-0.2, 0) is 0 Å². The van der Waals surface area contributed by atoms with Gasteiger partial charge < -0.3 is 10.0 Å². The third kappa shape index (κ3) is 9.11. The molecule has 6 aromatic heterocycles. The molecule has 0 saturated carbocycles. The average molecular weight is 757 g/mol. The topological polar surface area (TPSA) is 128 Å². The summed E-state index contributed by atoms with van der Waals surface area (Å²) in [6.45, 7) is 0. The summed E-state index contributed by atoms with van der Waals surface area (Å²) in [6.07, 6.45) is 17.3. The van der Waals surface area contributed by atoms with Gasteiger partial charge in [-0.25, -0.2) is 18.1 Å². The third-order valence-electron chi connectivity index (χ3n) is 7.43. The lowest BCUT2D eigenvalue weighted by Crippen LogP contribution is -2.29. The van der Waals surface area contributed by atoms with Gasteiger partial charge in [-0.2, -0.15) is 10.2 Å². The predicted molar refractivity (Wildman–Crippen MR) is 198 cm³/mol. The first kappa shape index (κ1) is 35.6. The van der Waals surface area contributed by atoms with E-state index >= 15 is 0 Å². The van der Waals surface area contributed by atoms with Crippen LogP contribution in [0.5, 0.6) is 0 Å². The second kappa shape index (κ2) is 17.1. The highest BCUT2D eigenvalue weighted by Gasteiger charge is 2.13. The highest BCUT2D eigenvalue weighted by atomic mass is 79.9. The van der Waals surface area contributed by atoms with E-state index < -0.39 is 7.12 Å². The van der Waals surface area contributed by atoms with Gasteiger partial charge in [-0.05, 0) is 99.8 Å². The fourth-order valence-corrected chi connectivity index (χ4v) is 5.28. The maximum atomic E-state index is 14.0. The van der Waals surface area contributed by atoms with Crippen molar-refractivity contribution in [2.24, 2.45) is 0 Å². The summed E-state index contributed by atoms with van der Waals surface area (Å²) >= 11 is 3.34. The predicted octanol–water partition coefficient (Wildman–Crippen LogP) is 6.73. The zero-order valence-electron chi connectivity index (χ0n) is 27.2. The van der Waals surface area contributed by atoms with Crippen LogP contribution in [0.2, 0.25) is 0 Å². The number of benzene rings is 2. The Kier molecular flexibility index (Phi) is 11.7. The molecule has 52 heavy (non-hydrogen) atoms.